The molecule has 0 N–H and O–H groups in total. The van der Waals surface area contributed by atoms with Crippen molar-refractivity contribution in [2.45, 2.75) is 123 Å². The quantitative estimate of drug-likeness (QED) is 0.234. The Morgan fingerprint density at radius 2 is 1.00 bits per heavy atom. The molecule has 0 spiro atoms. The van der Waals surface area contributed by atoms with E-state index in [9.17, 15) is 0 Å². The summed E-state index contributed by atoms with van der Waals surface area (Å²) in [5, 5.41) is 2.81. The number of hydrogen-bond donors (Lipinski definition) is 0. The van der Waals surface area contributed by atoms with Crippen LogP contribution in [0.3, 0.4) is 0 Å². The first-order valence-electron chi connectivity index (χ1n) is 12.8. The summed E-state index contributed by atoms with van der Waals surface area (Å²) in [6.45, 7) is 4.59. The lowest BCUT2D eigenvalue weighted by Crippen LogP contribution is -1.92. The molecule has 0 unspecified atom stereocenters. The molecule has 2 rings (SSSR count). The van der Waals surface area contributed by atoms with E-state index in [2.05, 4.69) is 50.2 Å². The van der Waals surface area contributed by atoms with E-state index < -0.39 is 0 Å². The second kappa shape index (κ2) is 15.5. The third kappa shape index (κ3) is 9.83. The van der Waals surface area contributed by atoms with Crippen LogP contribution in [0, 0.1) is 6.92 Å². The van der Waals surface area contributed by atoms with Gasteiger partial charge in [0.15, 0.2) is 0 Å². The number of aryl methyl sites for hydroxylation is 2. The van der Waals surface area contributed by atoms with Crippen molar-refractivity contribution >= 4 is 10.8 Å². The Labute approximate surface area is 181 Å². The van der Waals surface area contributed by atoms with Gasteiger partial charge >= 0.3 is 0 Å². The molecule has 0 nitrogen and oxygen atoms in total. The SMILES string of the molecule is CCCCCCCCCCCCCCCCCCc1ccc2ccccc2c1C. The summed E-state index contributed by atoms with van der Waals surface area (Å²) < 4.78 is 0. The number of hydrogen-bond acceptors (Lipinski definition) is 0. The van der Waals surface area contributed by atoms with Crippen LogP contribution in [-0.4, -0.2) is 0 Å². The monoisotopic (exact) mass is 394 g/mol. The summed E-state index contributed by atoms with van der Waals surface area (Å²) in [7, 11) is 0. The first-order chi connectivity index (χ1) is 14.3. The molecule has 0 aliphatic carbocycles. The highest BCUT2D eigenvalue weighted by molar-refractivity contribution is 5.86. The Bertz CT molecular complexity index is 654. The lowest BCUT2D eigenvalue weighted by atomic mass is 9.96. The van der Waals surface area contributed by atoms with Gasteiger partial charge in [0.2, 0.25) is 0 Å². The van der Waals surface area contributed by atoms with Crippen LogP contribution >= 0.6 is 0 Å². The summed E-state index contributed by atoms with van der Waals surface area (Å²) >= 11 is 0. The van der Waals surface area contributed by atoms with E-state index in [1.165, 1.54) is 125 Å². The van der Waals surface area contributed by atoms with Gasteiger partial charge in [-0.15, -0.1) is 0 Å². The Kier molecular flexibility index (Phi) is 12.8. The predicted octanol–water partition coefficient (Wildman–Crippen LogP) is 9.95. The number of benzene rings is 2. The molecule has 29 heavy (non-hydrogen) atoms. The van der Waals surface area contributed by atoms with Gasteiger partial charge in [0, 0.05) is 0 Å². The molecule has 0 saturated heterocycles. The molecule has 0 saturated carbocycles. The van der Waals surface area contributed by atoms with E-state index in [4.69, 9.17) is 0 Å². The largest absolute Gasteiger partial charge is 0.0654 e. The molecule has 0 aliphatic heterocycles. The number of rotatable bonds is 17. The number of fused-ring (bicyclic) bond motifs is 1. The maximum Gasteiger partial charge on any atom is -0.0152 e. The highest BCUT2D eigenvalue weighted by atomic mass is 14.1. The number of unbranched alkanes of at least 4 members (excludes halogenated alkanes) is 15. The van der Waals surface area contributed by atoms with Gasteiger partial charge < -0.3 is 0 Å². The topological polar surface area (TPSA) is 0 Å². The van der Waals surface area contributed by atoms with Crippen LogP contribution in [-0.2, 0) is 6.42 Å². The zero-order chi connectivity index (χ0) is 20.6. The van der Waals surface area contributed by atoms with E-state index in [1.807, 2.05) is 0 Å². The van der Waals surface area contributed by atoms with Crippen LogP contribution in [0.1, 0.15) is 121 Å². The fourth-order valence-corrected chi connectivity index (χ4v) is 4.61. The van der Waals surface area contributed by atoms with Gasteiger partial charge in [-0.05, 0) is 41.7 Å². The Balaban J connectivity index is 1.40. The highest BCUT2D eigenvalue weighted by Crippen LogP contribution is 2.23. The average Bonchev–Trinajstić information content (AvgIpc) is 2.75. The van der Waals surface area contributed by atoms with Crippen LogP contribution in [0.4, 0.5) is 0 Å². The molecular formula is C29H46. The smallest absolute Gasteiger partial charge is 0.0152 e. The standard InChI is InChI=1S/C29H46/c1-3-4-5-6-7-8-9-10-11-12-13-14-15-16-17-18-21-27-24-25-28-22-19-20-23-29(28)26(27)2/h19-20,22-25H,3-18,21H2,1-2H3. The van der Waals surface area contributed by atoms with Gasteiger partial charge in [0.25, 0.3) is 0 Å². The fourth-order valence-electron chi connectivity index (χ4n) is 4.61. The van der Waals surface area contributed by atoms with Crippen molar-refractivity contribution in [1.29, 1.82) is 0 Å². The molecule has 0 atom stereocenters. The highest BCUT2D eigenvalue weighted by Gasteiger charge is 2.03. The average molecular weight is 395 g/mol. The molecule has 0 fully saturated rings. The summed E-state index contributed by atoms with van der Waals surface area (Å²) in [5.74, 6) is 0. The summed E-state index contributed by atoms with van der Waals surface area (Å²) in [6.07, 6.45) is 24.3. The van der Waals surface area contributed by atoms with Gasteiger partial charge in [-0.25, -0.2) is 0 Å². The van der Waals surface area contributed by atoms with Gasteiger partial charge in [0.05, 0.1) is 0 Å². The van der Waals surface area contributed by atoms with Crippen molar-refractivity contribution < 1.29 is 0 Å². The summed E-state index contributed by atoms with van der Waals surface area (Å²) in [6, 6.07) is 13.4. The van der Waals surface area contributed by atoms with Crippen LogP contribution in [0.25, 0.3) is 10.8 Å². The fraction of sp³-hybridized carbons (Fsp3) is 0.655. The van der Waals surface area contributed by atoms with Crippen molar-refractivity contribution in [3.05, 3.63) is 47.5 Å². The molecule has 0 amide bonds. The zero-order valence-electron chi connectivity index (χ0n) is 19.5. The second-order valence-corrected chi connectivity index (χ2v) is 9.12. The molecule has 0 heterocycles. The lowest BCUT2D eigenvalue weighted by molar-refractivity contribution is 0.529. The third-order valence-corrected chi connectivity index (χ3v) is 6.61. The maximum absolute atomic E-state index is 2.35. The minimum atomic E-state index is 1.25. The molecule has 162 valence electrons. The molecule has 0 radical (unpaired) electrons. The van der Waals surface area contributed by atoms with Crippen molar-refractivity contribution in [2.24, 2.45) is 0 Å². The van der Waals surface area contributed by atoms with Crippen LogP contribution < -0.4 is 0 Å². The molecule has 0 aromatic heterocycles. The maximum atomic E-state index is 2.35. The van der Waals surface area contributed by atoms with Gasteiger partial charge in [-0.2, -0.15) is 0 Å². The summed E-state index contributed by atoms with van der Waals surface area (Å²) in [5.41, 5.74) is 3.04. The molecular weight excluding hydrogens is 348 g/mol. The van der Waals surface area contributed by atoms with E-state index in [0.29, 0.717) is 0 Å². The van der Waals surface area contributed by atoms with Gasteiger partial charge in [-0.1, -0.05) is 140 Å². The van der Waals surface area contributed by atoms with E-state index in [1.54, 1.807) is 5.56 Å². The van der Waals surface area contributed by atoms with Gasteiger partial charge in [-0.3, -0.25) is 0 Å². The van der Waals surface area contributed by atoms with Gasteiger partial charge in [0.1, 0.15) is 0 Å². The first kappa shape index (κ1) is 24.0. The lowest BCUT2D eigenvalue weighted by Gasteiger charge is -2.09. The van der Waals surface area contributed by atoms with E-state index >= 15 is 0 Å². The van der Waals surface area contributed by atoms with Crippen molar-refractivity contribution in [3.8, 4) is 0 Å². The van der Waals surface area contributed by atoms with Crippen LogP contribution in [0.2, 0.25) is 0 Å². The molecule has 2 aromatic rings. The summed E-state index contributed by atoms with van der Waals surface area (Å²) in [4.78, 5) is 0. The van der Waals surface area contributed by atoms with Crippen LogP contribution in [0.15, 0.2) is 36.4 Å². The van der Waals surface area contributed by atoms with Crippen LogP contribution in [0.5, 0.6) is 0 Å². The van der Waals surface area contributed by atoms with E-state index in [0.717, 1.165) is 0 Å². The minimum absolute atomic E-state index is 1.25. The molecule has 2 aromatic carbocycles. The van der Waals surface area contributed by atoms with E-state index in [-0.39, 0.29) is 0 Å². The Morgan fingerprint density at radius 1 is 0.517 bits per heavy atom. The molecule has 0 bridgehead atoms. The van der Waals surface area contributed by atoms with Crippen molar-refractivity contribution in [1.82, 2.24) is 0 Å². The Morgan fingerprint density at radius 3 is 1.55 bits per heavy atom. The minimum Gasteiger partial charge on any atom is -0.0654 e. The third-order valence-electron chi connectivity index (χ3n) is 6.61. The Hall–Kier alpha value is -1.30. The normalized spacial score (nSPS) is 11.4. The predicted molar refractivity (Wildman–Crippen MR) is 132 cm³/mol. The second-order valence-electron chi connectivity index (χ2n) is 9.12. The molecule has 0 heteroatoms. The van der Waals surface area contributed by atoms with Crippen molar-refractivity contribution in [2.75, 3.05) is 0 Å². The zero-order valence-corrected chi connectivity index (χ0v) is 19.5. The first-order valence-corrected chi connectivity index (χ1v) is 12.8. The van der Waals surface area contributed by atoms with Crippen molar-refractivity contribution in [3.63, 3.8) is 0 Å². The molecule has 0 aliphatic rings.